The van der Waals surface area contributed by atoms with Gasteiger partial charge in [0, 0.05) is 0 Å². The number of carbonyl (C=O) groups excluding carboxylic acids is 2. The molecule has 7 heteroatoms. The van der Waals surface area contributed by atoms with Crippen LogP contribution < -0.4 is 0 Å². The van der Waals surface area contributed by atoms with E-state index in [0.717, 1.165) is 5.56 Å². The first kappa shape index (κ1) is 18.5. The molecular formula is C19H26N2O5. The largest absolute Gasteiger partial charge is 0.445 e. The minimum Gasteiger partial charge on any atom is -0.445 e. The van der Waals surface area contributed by atoms with E-state index in [4.69, 9.17) is 14.2 Å². The molecule has 0 aromatic heterocycles. The molecule has 142 valence electrons. The Labute approximate surface area is 153 Å². The maximum absolute atomic E-state index is 12.0. The van der Waals surface area contributed by atoms with Gasteiger partial charge in [-0.3, -0.25) is 0 Å². The molecule has 1 aromatic carbocycles. The maximum Gasteiger partial charge on any atom is 0.410 e. The van der Waals surface area contributed by atoms with Gasteiger partial charge in [0.1, 0.15) is 12.2 Å². The van der Waals surface area contributed by atoms with Crippen LogP contribution >= 0.6 is 0 Å². The van der Waals surface area contributed by atoms with Gasteiger partial charge in [0.15, 0.2) is 0 Å². The highest BCUT2D eigenvalue weighted by Gasteiger charge is 2.39. The van der Waals surface area contributed by atoms with Crippen LogP contribution in [0.25, 0.3) is 0 Å². The summed E-state index contributed by atoms with van der Waals surface area (Å²) < 4.78 is 16.5. The van der Waals surface area contributed by atoms with Gasteiger partial charge in [-0.05, 0) is 26.3 Å². The van der Waals surface area contributed by atoms with Gasteiger partial charge in [-0.1, -0.05) is 30.3 Å². The smallest absolute Gasteiger partial charge is 0.410 e. The van der Waals surface area contributed by atoms with Crippen LogP contribution in [0.5, 0.6) is 0 Å². The first-order valence-corrected chi connectivity index (χ1v) is 8.89. The van der Waals surface area contributed by atoms with Gasteiger partial charge >= 0.3 is 12.2 Å². The Morgan fingerprint density at radius 1 is 0.962 bits per heavy atom. The highest BCUT2D eigenvalue weighted by molar-refractivity contribution is 5.69. The Morgan fingerprint density at radius 3 is 2.04 bits per heavy atom. The van der Waals surface area contributed by atoms with Crippen LogP contribution in [-0.4, -0.2) is 66.0 Å². The lowest BCUT2D eigenvalue weighted by Crippen LogP contribution is -2.61. The Hall–Kier alpha value is -2.28. The lowest BCUT2D eigenvalue weighted by atomic mass is 10.1. The summed E-state index contributed by atoms with van der Waals surface area (Å²) in [6, 6.07) is 9.59. The summed E-state index contributed by atoms with van der Waals surface area (Å²) >= 11 is 0. The van der Waals surface area contributed by atoms with Crippen LogP contribution in [0.15, 0.2) is 30.3 Å². The van der Waals surface area contributed by atoms with Crippen molar-refractivity contribution in [3.8, 4) is 0 Å². The summed E-state index contributed by atoms with van der Waals surface area (Å²) in [5.41, 5.74) is 0.475. The Morgan fingerprint density at radius 2 is 1.50 bits per heavy atom. The van der Waals surface area contributed by atoms with E-state index >= 15 is 0 Å². The van der Waals surface area contributed by atoms with Crippen LogP contribution in [0.4, 0.5) is 9.59 Å². The first-order valence-electron chi connectivity index (χ1n) is 8.89. The molecule has 2 amide bonds. The highest BCUT2D eigenvalue weighted by atomic mass is 16.6. The third-order valence-corrected chi connectivity index (χ3v) is 4.20. The van der Waals surface area contributed by atoms with Gasteiger partial charge in [0.25, 0.3) is 0 Å². The third kappa shape index (κ3) is 4.88. The molecule has 2 saturated heterocycles. The molecule has 0 atom stereocenters. The SMILES string of the molecule is CC(C)(C)OC(=O)N1CC(OC2CN(C(=O)OCc3ccccc3)C2)C1. The van der Waals surface area contributed by atoms with Crippen molar-refractivity contribution >= 4 is 12.2 Å². The zero-order chi connectivity index (χ0) is 18.7. The molecule has 7 nitrogen and oxygen atoms in total. The molecule has 0 spiro atoms. The molecule has 2 aliphatic heterocycles. The number of nitrogens with zero attached hydrogens (tertiary/aromatic N) is 2. The quantitative estimate of drug-likeness (QED) is 0.824. The van der Waals surface area contributed by atoms with Crippen molar-refractivity contribution in [2.45, 2.75) is 45.2 Å². The zero-order valence-electron chi connectivity index (χ0n) is 15.5. The summed E-state index contributed by atoms with van der Waals surface area (Å²) in [7, 11) is 0. The minimum absolute atomic E-state index is 0.00469. The van der Waals surface area contributed by atoms with Gasteiger partial charge < -0.3 is 24.0 Å². The highest BCUT2D eigenvalue weighted by Crippen LogP contribution is 2.22. The van der Waals surface area contributed by atoms with Crippen LogP contribution in [0, 0.1) is 0 Å². The van der Waals surface area contributed by atoms with E-state index in [2.05, 4.69) is 0 Å². The van der Waals surface area contributed by atoms with Crippen LogP contribution in [-0.2, 0) is 20.8 Å². The van der Waals surface area contributed by atoms with E-state index in [-0.39, 0.29) is 31.0 Å². The average Bonchev–Trinajstić information content (AvgIpc) is 2.48. The molecule has 2 heterocycles. The molecule has 0 aliphatic carbocycles. The Bertz CT molecular complexity index is 631. The lowest BCUT2D eigenvalue weighted by molar-refractivity contribution is -0.131. The second kappa shape index (κ2) is 7.53. The van der Waals surface area contributed by atoms with Crippen LogP contribution in [0.2, 0.25) is 0 Å². The maximum atomic E-state index is 12.0. The standard InChI is InChI=1S/C19H26N2O5/c1-19(2,3)26-18(23)21-11-16(12-21)25-15-9-20(10-15)17(22)24-13-14-7-5-4-6-8-14/h4-8,15-16H,9-13H2,1-3H3. The van der Waals surface area contributed by atoms with Crippen molar-refractivity contribution in [2.75, 3.05) is 26.2 Å². The summed E-state index contributed by atoms with van der Waals surface area (Å²) in [6.07, 6.45) is -0.616. The zero-order valence-corrected chi connectivity index (χ0v) is 15.5. The normalized spacial score (nSPS) is 18.1. The fraction of sp³-hybridized carbons (Fsp3) is 0.579. The second-order valence-corrected chi connectivity index (χ2v) is 7.71. The predicted molar refractivity (Wildman–Crippen MR) is 94.7 cm³/mol. The van der Waals surface area contributed by atoms with E-state index in [1.165, 1.54) is 0 Å². The number of amides is 2. The fourth-order valence-corrected chi connectivity index (χ4v) is 2.76. The minimum atomic E-state index is -0.488. The summed E-state index contributed by atoms with van der Waals surface area (Å²) in [5.74, 6) is 0. The van der Waals surface area contributed by atoms with Crippen molar-refractivity contribution in [3.05, 3.63) is 35.9 Å². The van der Waals surface area contributed by atoms with Crippen LogP contribution in [0.3, 0.4) is 0 Å². The molecule has 0 N–H and O–H groups in total. The lowest BCUT2D eigenvalue weighted by Gasteiger charge is -2.45. The van der Waals surface area contributed by atoms with E-state index in [0.29, 0.717) is 26.2 Å². The van der Waals surface area contributed by atoms with E-state index in [9.17, 15) is 9.59 Å². The van der Waals surface area contributed by atoms with Gasteiger partial charge in [0.05, 0.1) is 38.4 Å². The number of benzene rings is 1. The molecular weight excluding hydrogens is 336 g/mol. The van der Waals surface area contributed by atoms with Crippen molar-refractivity contribution in [2.24, 2.45) is 0 Å². The molecule has 2 aliphatic rings. The van der Waals surface area contributed by atoms with Crippen molar-refractivity contribution in [3.63, 3.8) is 0 Å². The number of likely N-dealkylation sites (tertiary alicyclic amines) is 2. The third-order valence-electron chi connectivity index (χ3n) is 4.20. The Kier molecular flexibility index (Phi) is 5.36. The molecule has 0 unspecified atom stereocenters. The van der Waals surface area contributed by atoms with Crippen molar-refractivity contribution in [1.82, 2.24) is 9.80 Å². The van der Waals surface area contributed by atoms with E-state index in [1.54, 1.807) is 9.80 Å². The molecule has 0 bridgehead atoms. The van der Waals surface area contributed by atoms with Gasteiger partial charge in [-0.15, -0.1) is 0 Å². The first-order chi connectivity index (χ1) is 12.3. The summed E-state index contributed by atoms with van der Waals surface area (Å²) in [5, 5.41) is 0. The molecule has 3 rings (SSSR count). The summed E-state index contributed by atoms with van der Waals surface area (Å²) in [4.78, 5) is 27.1. The van der Waals surface area contributed by atoms with Gasteiger partial charge in [-0.25, -0.2) is 9.59 Å². The fourth-order valence-electron chi connectivity index (χ4n) is 2.76. The van der Waals surface area contributed by atoms with Crippen molar-refractivity contribution < 1.29 is 23.8 Å². The topological polar surface area (TPSA) is 68.3 Å². The number of hydrogen-bond acceptors (Lipinski definition) is 5. The number of carbonyl (C=O) groups is 2. The molecule has 0 radical (unpaired) electrons. The number of ether oxygens (including phenoxy) is 3. The molecule has 2 fully saturated rings. The molecule has 1 aromatic rings. The second-order valence-electron chi connectivity index (χ2n) is 7.71. The predicted octanol–water partition coefficient (Wildman–Crippen LogP) is 2.64. The number of rotatable bonds is 4. The Balaban J connectivity index is 1.29. The van der Waals surface area contributed by atoms with Gasteiger partial charge in [0.2, 0.25) is 0 Å². The van der Waals surface area contributed by atoms with E-state index < -0.39 is 5.60 Å². The van der Waals surface area contributed by atoms with E-state index in [1.807, 2.05) is 51.1 Å². The van der Waals surface area contributed by atoms with Crippen LogP contribution in [0.1, 0.15) is 26.3 Å². The number of hydrogen-bond donors (Lipinski definition) is 0. The molecule has 26 heavy (non-hydrogen) atoms. The molecule has 0 saturated carbocycles. The summed E-state index contributed by atoms with van der Waals surface area (Å²) in [6.45, 7) is 7.92. The average molecular weight is 362 g/mol. The van der Waals surface area contributed by atoms with Gasteiger partial charge in [-0.2, -0.15) is 0 Å². The monoisotopic (exact) mass is 362 g/mol. The van der Waals surface area contributed by atoms with Crippen molar-refractivity contribution in [1.29, 1.82) is 0 Å².